The van der Waals surface area contributed by atoms with Crippen molar-refractivity contribution >= 4 is 11.8 Å². The Hall–Kier alpha value is -4.22. The van der Waals surface area contributed by atoms with Gasteiger partial charge in [-0.05, 0) is 37.3 Å². The number of benzene rings is 1. The van der Waals surface area contributed by atoms with Crippen LogP contribution in [-0.4, -0.2) is 32.9 Å². The molecule has 0 aliphatic heterocycles. The standard InChI is InChI=1S/C20H16F3N5O4/c1-10(17(24)29)31-16-8-14(18(25)30)27-19(28-16)11-2-5-13(6-3-11)32-15-7-4-12(9-26-15)20(21,22)23/h2-10H,1H3,(H2,24,29)(H2,25,30)/t10-/m0/s1. The third-order valence-corrected chi connectivity index (χ3v) is 4.05. The fourth-order valence-corrected chi connectivity index (χ4v) is 2.38. The number of hydrogen-bond acceptors (Lipinski definition) is 7. The zero-order chi connectivity index (χ0) is 23.5. The average molecular weight is 447 g/mol. The number of hydrogen-bond donors (Lipinski definition) is 2. The summed E-state index contributed by atoms with van der Waals surface area (Å²) in [6, 6.07) is 9.22. The van der Waals surface area contributed by atoms with E-state index in [1.807, 2.05) is 0 Å². The Morgan fingerprint density at radius 3 is 2.22 bits per heavy atom. The second-order valence-corrected chi connectivity index (χ2v) is 6.45. The first-order valence-corrected chi connectivity index (χ1v) is 8.99. The Morgan fingerprint density at radius 2 is 1.69 bits per heavy atom. The first-order chi connectivity index (χ1) is 15.0. The summed E-state index contributed by atoms with van der Waals surface area (Å²) in [5, 5.41) is 0. The lowest BCUT2D eigenvalue weighted by atomic mass is 10.2. The molecule has 0 unspecified atom stereocenters. The van der Waals surface area contributed by atoms with E-state index < -0.39 is 29.7 Å². The van der Waals surface area contributed by atoms with Crippen LogP contribution in [0.1, 0.15) is 23.0 Å². The molecule has 3 aromatic rings. The molecule has 0 bridgehead atoms. The first kappa shape index (κ1) is 22.5. The summed E-state index contributed by atoms with van der Waals surface area (Å²) in [5.41, 5.74) is 9.87. The van der Waals surface area contributed by atoms with E-state index in [1.54, 1.807) is 12.1 Å². The zero-order valence-electron chi connectivity index (χ0n) is 16.5. The maximum Gasteiger partial charge on any atom is 0.417 e. The summed E-state index contributed by atoms with van der Waals surface area (Å²) in [5.74, 6) is -1.32. The zero-order valence-corrected chi connectivity index (χ0v) is 16.5. The van der Waals surface area contributed by atoms with Crippen molar-refractivity contribution in [2.24, 2.45) is 11.5 Å². The lowest BCUT2D eigenvalue weighted by Crippen LogP contribution is -2.31. The second kappa shape index (κ2) is 8.88. The van der Waals surface area contributed by atoms with Crippen LogP contribution in [0.15, 0.2) is 48.7 Å². The predicted molar refractivity (Wildman–Crippen MR) is 105 cm³/mol. The Morgan fingerprint density at radius 1 is 1.00 bits per heavy atom. The van der Waals surface area contributed by atoms with Gasteiger partial charge in [-0.2, -0.15) is 18.2 Å². The Labute approximate surface area is 179 Å². The van der Waals surface area contributed by atoms with Crippen LogP contribution < -0.4 is 20.9 Å². The minimum atomic E-state index is -4.50. The minimum absolute atomic E-state index is 0.0335. The quantitative estimate of drug-likeness (QED) is 0.567. The predicted octanol–water partition coefficient (Wildman–Crippen LogP) is 2.70. The van der Waals surface area contributed by atoms with Crippen LogP contribution in [0.2, 0.25) is 0 Å². The number of nitrogens with zero attached hydrogens (tertiary/aromatic N) is 3. The van der Waals surface area contributed by atoms with Gasteiger partial charge < -0.3 is 20.9 Å². The number of rotatable bonds is 7. The van der Waals surface area contributed by atoms with Crippen LogP contribution >= 0.6 is 0 Å². The first-order valence-electron chi connectivity index (χ1n) is 8.99. The molecule has 0 saturated carbocycles. The van der Waals surface area contributed by atoms with Gasteiger partial charge in [0.05, 0.1) is 5.56 Å². The van der Waals surface area contributed by atoms with Crippen LogP contribution in [0.4, 0.5) is 13.2 Å². The number of aromatic nitrogens is 3. The van der Waals surface area contributed by atoms with Crippen molar-refractivity contribution in [3.63, 3.8) is 0 Å². The Bertz CT molecular complexity index is 1140. The molecule has 1 aromatic carbocycles. The van der Waals surface area contributed by atoms with Crippen LogP contribution in [0, 0.1) is 0 Å². The van der Waals surface area contributed by atoms with Crippen LogP contribution in [-0.2, 0) is 11.0 Å². The molecule has 9 nitrogen and oxygen atoms in total. The maximum atomic E-state index is 12.6. The molecule has 1 atom stereocenters. The molecule has 12 heteroatoms. The molecule has 2 heterocycles. The van der Waals surface area contributed by atoms with Gasteiger partial charge in [0, 0.05) is 23.9 Å². The highest BCUT2D eigenvalue weighted by atomic mass is 19.4. The molecule has 32 heavy (non-hydrogen) atoms. The van der Waals surface area contributed by atoms with Crippen molar-refractivity contribution in [1.29, 1.82) is 0 Å². The molecule has 166 valence electrons. The van der Waals surface area contributed by atoms with Gasteiger partial charge >= 0.3 is 6.18 Å². The molecule has 0 aliphatic rings. The molecule has 3 rings (SSSR count). The summed E-state index contributed by atoms with van der Waals surface area (Å²) in [4.78, 5) is 34.6. The average Bonchev–Trinajstić information content (AvgIpc) is 2.73. The number of amides is 2. The fraction of sp³-hybridized carbons (Fsp3) is 0.150. The van der Waals surface area contributed by atoms with Gasteiger partial charge in [-0.1, -0.05) is 0 Å². The van der Waals surface area contributed by atoms with Gasteiger partial charge in [-0.15, -0.1) is 0 Å². The van der Waals surface area contributed by atoms with Crippen molar-refractivity contribution in [2.75, 3.05) is 0 Å². The van der Waals surface area contributed by atoms with Gasteiger partial charge in [0.15, 0.2) is 11.9 Å². The van der Waals surface area contributed by atoms with E-state index in [0.717, 1.165) is 12.1 Å². The van der Waals surface area contributed by atoms with E-state index in [2.05, 4.69) is 15.0 Å². The number of primary amides is 2. The van der Waals surface area contributed by atoms with Crippen LogP contribution in [0.25, 0.3) is 11.4 Å². The number of pyridine rings is 1. The van der Waals surface area contributed by atoms with Crippen LogP contribution in [0.3, 0.4) is 0 Å². The van der Waals surface area contributed by atoms with Crippen molar-refractivity contribution in [3.8, 4) is 28.9 Å². The number of alkyl halides is 3. The Kier molecular flexibility index (Phi) is 6.23. The summed E-state index contributed by atoms with van der Waals surface area (Å²) < 4.78 is 48.6. The number of nitrogens with two attached hydrogens (primary N) is 2. The van der Waals surface area contributed by atoms with Crippen LogP contribution in [0.5, 0.6) is 17.5 Å². The lowest BCUT2D eigenvalue weighted by Gasteiger charge is -2.12. The number of carbonyl (C=O) groups excluding carboxylic acids is 2. The number of carbonyl (C=O) groups is 2. The molecule has 0 saturated heterocycles. The van der Waals surface area contributed by atoms with Gasteiger partial charge in [-0.3, -0.25) is 9.59 Å². The molecule has 0 aliphatic carbocycles. The fourth-order valence-electron chi connectivity index (χ4n) is 2.38. The highest BCUT2D eigenvalue weighted by Gasteiger charge is 2.30. The van der Waals surface area contributed by atoms with Crippen molar-refractivity contribution in [2.45, 2.75) is 19.2 Å². The lowest BCUT2D eigenvalue weighted by molar-refractivity contribution is -0.137. The highest BCUT2D eigenvalue weighted by Crippen LogP contribution is 2.30. The smallest absolute Gasteiger partial charge is 0.417 e. The number of ether oxygens (including phenoxy) is 2. The summed E-state index contributed by atoms with van der Waals surface area (Å²) >= 11 is 0. The van der Waals surface area contributed by atoms with Crippen molar-refractivity contribution in [1.82, 2.24) is 15.0 Å². The van der Waals surface area contributed by atoms with Crippen molar-refractivity contribution < 1.29 is 32.2 Å². The highest BCUT2D eigenvalue weighted by molar-refractivity contribution is 5.91. The molecule has 2 amide bonds. The minimum Gasteiger partial charge on any atom is -0.464 e. The molecule has 0 radical (unpaired) electrons. The van der Waals surface area contributed by atoms with E-state index in [1.165, 1.54) is 25.1 Å². The van der Waals surface area contributed by atoms with E-state index in [4.69, 9.17) is 20.9 Å². The Balaban J connectivity index is 1.82. The largest absolute Gasteiger partial charge is 0.464 e. The monoisotopic (exact) mass is 447 g/mol. The molecule has 0 fully saturated rings. The van der Waals surface area contributed by atoms with Gasteiger partial charge in [0.1, 0.15) is 11.4 Å². The summed E-state index contributed by atoms with van der Waals surface area (Å²) in [7, 11) is 0. The third kappa shape index (κ3) is 5.47. The van der Waals surface area contributed by atoms with Gasteiger partial charge in [0.2, 0.25) is 11.8 Å². The molecular weight excluding hydrogens is 431 g/mol. The molecule has 0 spiro atoms. The molecule has 4 N–H and O–H groups in total. The third-order valence-electron chi connectivity index (χ3n) is 4.05. The molecular formula is C20H16F3N5O4. The van der Waals surface area contributed by atoms with Gasteiger partial charge in [0.25, 0.3) is 11.8 Å². The normalized spacial score (nSPS) is 12.1. The SMILES string of the molecule is C[C@H](Oc1cc(C(N)=O)nc(-c2ccc(Oc3ccc(C(F)(F)F)cn3)cc2)n1)C(N)=O. The second-order valence-electron chi connectivity index (χ2n) is 6.45. The summed E-state index contributed by atoms with van der Waals surface area (Å²) in [6.45, 7) is 1.41. The van der Waals surface area contributed by atoms with E-state index >= 15 is 0 Å². The van der Waals surface area contributed by atoms with E-state index in [-0.39, 0.29) is 29.0 Å². The maximum absolute atomic E-state index is 12.6. The van der Waals surface area contributed by atoms with Gasteiger partial charge in [-0.25, -0.2) is 9.97 Å². The van der Waals surface area contributed by atoms with Crippen molar-refractivity contribution in [3.05, 3.63) is 59.9 Å². The van der Waals surface area contributed by atoms with E-state index in [9.17, 15) is 22.8 Å². The number of halogens is 3. The summed E-state index contributed by atoms with van der Waals surface area (Å²) in [6.07, 6.45) is -4.84. The topological polar surface area (TPSA) is 143 Å². The molecule has 2 aromatic heterocycles. The van der Waals surface area contributed by atoms with E-state index in [0.29, 0.717) is 11.8 Å².